The van der Waals surface area contributed by atoms with E-state index in [0.717, 1.165) is 0 Å². The third-order valence-electron chi connectivity index (χ3n) is 2.81. The van der Waals surface area contributed by atoms with Gasteiger partial charge in [0.15, 0.2) is 11.6 Å². The second-order valence-electron chi connectivity index (χ2n) is 4.31. The van der Waals surface area contributed by atoms with E-state index in [1.807, 2.05) is 5.32 Å². The van der Waals surface area contributed by atoms with Crippen molar-refractivity contribution in [1.82, 2.24) is 5.32 Å². The standard InChI is InChI=1S/C12H13F3N2O3/c1-3-12(2,10(18)19)17-11(20)16-9-7(14)4-6(13)5-8(9)15/h4-5H,3H2,1-2H3,(H,18,19)(H2,16,17,20). The number of carbonyl (C=O) groups excluding carboxylic acids is 1. The number of rotatable bonds is 4. The summed E-state index contributed by atoms with van der Waals surface area (Å²) in [6.45, 7) is 2.76. The average Bonchev–Trinajstić information content (AvgIpc) is 2.33. The Labute approximate surface area is 112 Å². The van der Waals surface area contributed by atoms with Crippen molar-refractivity contribution in [3.8, 4) is 0 Å². The summed E-state index contributed by atoms with van der Waals surface area (Å²) in [7, 11) is 0. The van der Waals surface area contributed by atoms with Crippen molar-refractivity contribution in [2.24, 2.45) is 0 Å². The van der Waals surface area contributed by atoms with E-state index in [9.17, 15) is 22.8 Å². The Morgan fingerprint density at radius 2 is 1.75 bits per heavy atom. The summed E-state index contributed by atoms with van der Waals surface area (Å²) in [5.41, 5.74) is -2.44. The summed E-state index contributed by atoms with van der Waals surface area (Å²) in [5.74, 6) is -5.03. The Balaban J connectivity index is 2.90. The highest BCUT2D eigenvalue weighted by Crippen LogP contribution is 2.20. The van der Waals surface area contributed by atoms with Crippen LogP contribution < -0.4 is 10.6 Å². The molecule has 5 nitrogen and oxygen atoms in total. The maximum atomic E-state index is 13.3. The van der Waals surface area contributed by atoms with Gasteiger partial charge in [0.2, 0.25) is 0 Å². The number of halogens is 3. The largest absolute Gasteiger partial charge is 0.480 e. The number of carboxylic acids is 1. The number of benzene rings is 1. The molecule has 1 atom stereocenters. The molecule has 8 heteroatoms. The van der Waals surface area contributed by atoms with Gasteiger partial charge in [-0.1, -0.05) is 6.92 Å². The Morgan fingerprint density at radius 3 is 2.15 bits per heavy atom. The van der Waals surface area contributed by atoms with Gasteiger partial charge in [-0.3, -0.25) is 0 Å². The second-order valence-corrected chi connectivity index (χ2v) is 4.31. The lowest BCUT2D eigenvalue weighted by atomic mass is 10.00. The Morgan fingerprint density at radius 1 is 1.25 bits per heavy atom. The molecule has 3 N–H and O–H groups in total. The minimum atomic E-state index is -1.59. The molecule has 0 aliphatic carbocycles. The summed E-state index contributed by atoms with van der Waals surface area (Å²) in [6, 6.07) is -0.315. The molecular weight excluding hydrogens is 277 g/mol. The molecule has 0 saturated heterocycles. The monoisotopic (exact) mass is 290 g/mol. The Bertz CT molecular complexity index is 528. The van der Waals surface area contributed by atoms with Crippen LogP contribution in [0.3, 0.4) is 0 Å². The van der Waals surface area contributed by atoms with Gasteiger partial charge in [-0.05, 0) is 13.3 Å². The summed E-state index contributed by atoms with van der Waals surface area (Å²) in [5, 5.41) is 12.9. The van der Waals surface area contributed by atoms with Crippen molar-refractivity contribution in [3.63, 3.8) is 0 Å². The van der Waals surface area contributed by atoms with Crippen LogP contribution in [0, 0.1) is 17.5 Å². The lowest BCUT2D eigenvalue weighted by Gasteiger charge is -2.24. The molecule has 0 heterocycles. The maximum Gasteiger partial charge on any atom is 0.329 e. The van der Waals surface area contributed by atoms with E-state index in [4.69, 9.17) is 5.11 Å². The van der Waals surface area contributed by atoms with E-state index in [2.05, 4.69) is 5.32 Å². The molecule has 2 amide bonds. The molecule has 0 radical (unpaired) electrons. The highest BCUT2D eigenvalue weighted by Gasteiger charge is 2.33. The Hall–Kier alpha value is -2.25. The molecule has 0 aromatic heterocycles. The predicted molar refractivity (Wildman–Crippen MR) is 64.8 cm³/mol. The third-order valence-corrected chi connectivity index (χ3v) is 2.81. The summed E-state index contributed by atoms with van der Waals surface area (Å²) >= 11 is 0. The molecule has 0 aliphatic heterocycles. The van der Waals surface area contributed by atoms with Crippen LogP contribution in [-0.2, 0) is 4.79 Å². The van der Waals surface area contributed by atoms with Gasteiger partial charge in [-0.25, -0.2) is 22.8 Å². The molecule has 1 unspecified atom stereocenters. The maximum absolute atomic E-state index is 13.3. The van der Waals surface area contributed by atoms with Gasteiger partial charge in [0.05, 0.1) is 0 Å². The number of urea groups is 1. The van der Waals surface area contributed by atoms with Crippen molar-refractivity contribution in [2.45, 2.75) is 25.8 Å². The molecule has 0 fully saturated rings. The van der Waals surface area contributed by atoms with Crippen LogP contribution in [0.4, 0.5) is 23.7 Å². The molecule has 0 spiro atoms. The van der Waals surface area contributed by atoms with E-state index in [0.29, 0.717) is 12.1 Å². The molecule has 0 bridgehead atoms. The smallest absolute Gasteiger partial charge is 0.329 e. The number of anilines is 1. The molecule has 1 aromatic rings. The number of hydrogen-bond donors (Lipinski definition) is 3. The lowest BCUT2D eigenvalue weighted by Crippen LogP contribution is -2.53. The van der Waals surface area contributed by atoms with Crippen molar-refractivity contribution in [1.29, 1.82) is 0 Å². The SMILES string of the molecule is CCC(C)(NC(=O)Nc1c(F)cc(F)cc1F)C(=O)O. The molecule has 0 saturated carbocycles. The van der Waals surface area contributed by atoms with E-state index in [-0.39, 0.29) is 6.42 Å². The quantitative estimate of drug-likeness (QED) is 0.797. The molecule has 20 heavy (non-hydrogen) atoms. The molecule has 1 rings (SSSR count). The van der Waals surface area contributed by atoms with Crippen LogP contribution in [0.25, 0.3) is 0 Å². The first-order valence-corrected chi connectivity index (χ1v) is 5.66. The number of hydrogen-bond acceptors (Lipinski definition) is 2. The predicted octanol–water partition coefficient (Wildman–Crippen LogP) is 2.48. The van der Waals surface area contributed by atoms with Crippen molar-refractivity contribution < 1.29 is 27.9 Å². The zero-order valence-electron chi connectivity index (χ0n) is 10.8. The minimum absolute atomic E-state index is 0.0597. The highest BCUT2D eigenvalue weighted by atomic mass is 19.1. The van der Waals surface area contributed by atoms with E-state index in [1.54, 1.807) is 0 Å². The number of amides is 2. The fraction of sp³-hybridized carbons (Fsp3) is 0.333. The van der Waals surface area contributed by atoms with Gasteiger partial charge in [0, 0.05) is 12.1 Å². The van der Waals surface area contributed by atoms with Gasteiger partial charge < -0.3 is 15.7 Å². The van der Waals surface area contributed by atoms with Crippen LogP contribution in [0.2, 0.25) is 0 Å². The van der Waals surface area contributed by atoms with Crippen LogP contribution in [0.1, 0.15) is 20.3 Å². The zero-order valence-corrected chi connectivity index (χ0v) is 10.8. The first kappa shape index (κ1) is 15.8. The Kier molecular flexibility index (Phi) is 4.59. The van der Waals surface area contributed by atoms with Crippen molar-refractivity contribution in [3.05, 3.63) is 29.6 Å². The normalized spacial score (nSPS) is 13.4. The van der Waals surface area contributed by atoms with Gasteiger partial charge in [0.25, 0.3) is 0 Å². The first-order chi connectivity index (χ1) is 9.19. The second kappa shape index (κ2) is 5.81. The van der Waals surface area contributed by atoms with Gasteiger partial charge in [-0.15, -0.1) is 0 Å². The summed E-state index contributed by atoms with van der Waals surface area (Å²) in [6.07, 6.45) is 0.0597. The summed E-state index contributed by atoms with van der Waals surface area (Å²) in [4.78, 5) is 22.5. The molecule has 110 valence electrons. The number of carboxylic acid groups (broad SMARTS) is 1. The lowest BCUT2D eigenvalue weighted by molar-refractivity contribution is -0.143. The van der Waals surface area contributed by atoms with Crippen LogP contribution in [0.5, 0.6) is 0 Å². The molecular formula is C12H13F3N2O3. The van der Waals surface area contributed by atoms with E-state index < -0.39 is 40.7 Å². The van der Waals surface area contributed by atoms with Gasteiger partial charge in [-0.2, -0.15) is 0 Å². The fourth-order valence-corrected chi connectivity index (χ4v) is 1.35. The number of nitrogens with one attached hydrogen (secondary N) is 2. The topological polar surface area (TPSA) is 78.4 Å². The summed E-state index contributed by atoms with van der Waals surface area (Å²) < 4.78 is 39.3. The molecule has 0 aliphatic rings. The number of carbonyl (C=O) groups is 2. The van der Waals surface area contributed by atoms with Crippen LogP contribution >= 0.6 is 0 Å². The minimum Gasteiger partial charge on any atom is -0.480 e. The zero-order chi connectivity index (χ0) is 15.5. The van der Waals surface area contributed by atoms with Gasteiger partial charge >= 0.3 is 12.0 Å². The van der Waals surface area contributed by atoms with Crippen LogP contribution in [0.15, 0.2) is 12.1 Å². The van der Waals surface area contributed by atoms with Gasteiger partial charge in [0.1, 0.15) is 17.0 Å². The number of aliphatic carboxylic acids is 1. The van der Waals surface area contributed by atoms with E-state index in [1.165, 1.54) is 13.8 Å². The highest BCUT2D eigenvalue weighted by molar-refractivity contribution is 5.93. The average molecular weight is 290 g/mol. The van der Waals surface area contributed by atoms with Crippen LogP contribution in [-0.4, -0.2) is 22.6 Å². The molecule has 1 aromatic carbocycles. The fourth-order valence-electron chi connectivity index (χ4n) is 1.35. The first-order valence-electron chi connectivity index (χ1n) is 5.66. The van der Waals surface area contributed by atoms with Crippen molar-refractivity contribution in [2.75, 3.05) is 5.32 Å². The van der Waals surface area contributed by atoms with E-state index >= 15 is 0 Å². The third kappa shape index (κ3) is 3.40. The van der Waals surface area contributed by atoms with Crippen molar-refractivity contribution >= 4 is 17.7 Å².